The minimum atomic E-state index is -1.06. The Hall–Kier alpha value is -2.56. The van der Waals surface area contributed by atoms with Crippen molar-refractivity contribution in [3.05, 3.63) is 52.3 Å². The van der Waals surface area contributed by atoms with Crippen LogP contribution < -0.4 is 5.73 Å². The van der Waals surface area contributed by atoms with Gasteiger partial charge in [-0.2, -0.15) is 0 Å². The second-order valence-corrected chi connectivity index (χ2v) is 4.88. The molecule has 1 aromatic heterocycles. The van der Waals surface area contributed by atoms with E-state index in [-0.39, 0.29) is 11.5 Å². The van der Waals surface area contributed by atoms with Gasteiger partial charge in [-0.05, 0) is 37.1 Å². The lowest BCUT2D eigenvalue weighted by atomic mass is 9.98. The first-order valence-corrected chi connectivity index (χ1v) is 6.12. The van der Waals surface area contributed by atoms with Gasteiger partial charge in [-0.3, -0.25) is 4.79 Å². The number of nitrogens with two attached hydrogens (primary N) is 1. The molecule has 0 radical (unpaired) electrons. The van der Waals surface area contributed by atoms with E-state index < -0.39 is 5.97 Å². The molecule has 0 saturated heterocycles. The standard InChI is InChI=1S/C15H16N2O3/c1-8-4-9(2)12(16)6-11(8)14(18)10-5-13(15(19)20)17(3)7-10/h4-7H,16H2,1-3H3,(H,19,20). The topological polar surface area (TPSA) is 85.3 Å². The summed E-state index contributed by atoms with van der Waals surface area (Å²) >= 11 is 0. The number of rotatable bonds is 3. The molecule has 0 aliphatic rings. The first-order valence-electron chi connectivity index (χ1n) is 6.12. The average molecular weight is 272 g/mol. The molecule has 0 atom stereocenters. The number of aromatic carboxylic acids is 1. The first-order chi connectivity index (χ1) is 9.31. The molecule has 3 N–H and O–H groups in total. The van der Waals surface area contributed by atoms with E-state index in [0.29, 0.717) is 16.8 Å². The van der Waals surface area contributed by atoms with E-state index in [1.165, 1.54) is 16.8 Å². The molecular formula is C15H16N2O3. The predicted octanol–water partition coefficient (Wildman–Crippen LogP) is 2.15. The predicted molar refractivity (Wildman–Crippen MR) is 76.1 cm³/mol. The monoisotopic (exact) mass is 272 g/mol. The lowest BCUT2D eigenvalue weighted by molar-refractivity contribution is 0.0686. The summed E-state index contributed by atoms with van der Waals surface area (Å²) in [6.07, 6.45) is 1.52. The highest BCUT2D eigenvalue weighted by Gasteiger charge is 2.18. The van der Waals surface area contributed by atoms with Crippen molar-refractivity contribution in [2.24, 2.45) is 7.05 Å². The Labute approximate surface area is 116 Å². The third-order valence-corrected chi connectivity index (χ3v) is 3.34. The Morgan fingerprint density at radius 2 is 1.80 bits per heavy atom. The van der Waals surface area contributed by atoms with E-state index in [1.807, 2.05) is 19.9 Å². The van der Waals surface area contributed by atoms with E-state index in [1.54, 1.807) is 13.1 Å². The van der Waals surface area contributed by atoms with Crippen LogP contribution in [0.2, 0.25) is 0 Å². The number of carbonyl (C=O) groups excluding carboxylic acids is 1. The SMILES string of the molecule is Cc1cc(C)c(C(=O)c2cc(C(=O)O)n(C)c2)cc1N. The molecule has 1 aromatic carbocycles. The summed E-state index contributed by atoms with van der Waals surface area (Å²) in [6.45, 7) is 3.71. The van der Waals surface area contributed by atoms with Crippen molar-refractivity contribution in [2.45, 2.75) is 13.8 Å². The number of benzene rings is 1. The number of carboxylic acids is 1. The molecule has 1 heterocycles. The number of hydrogen-bond acceptors (Lipinski definition) is 3. The van der Waals surface area contributed by atoms with Gasteiger partial charge in [0, 0.05) is 30.1 Å². The number of carboxylic acid groups (broad SMARTS) is 1. The highest BCUT2D eigenvalue weighted by Crippen LogP contribution is 2.21. The lowest BCUT2D eigenvalue weighted by Crippen LogP contribution is -2.05. The second-order valence-electron chi connectivity index (χ2n) is 4.88. The first kappa shape index (κ1) is 13.9. The van der Waals surface area contributed by atoms with E-state index >= 15 is 0 Å². The molecule has 5 heteroatoms. The second kappa shape index (κ2) is 4.85. The maximum absolute atomic E-state index is 12.5. The fourth-order valence-corrected chi connectivity index (χ4v) is 2.17. The number of aryl methyl sites for hydroxylation is 3. The van der Waals surface area contributed by atoms with Crippen LogP contribution in [0.5, 0.6) is 0 Å². The summed E-state index contributed by atoms with van der Waals surface area (Å²) in [5.41, 5.74) is 9.04. The van der Waals surface area contributed by atoms with Gasteiger partial charge in [0.15, 0.2) is 5.78 Å². The normalized spacial score (nSPS) is 10.6. The quantitative estimate of drug-likeness (QED) is 0.662. The molecule has 0 saturated carbocycles. The third-order valence-electron chi connectivity index (χ3n) is 3.34. The molecule has 0 unspecified atom stereocenters. The van der Waals surface area contributed by atoms with Crippen LogP contribution in [0.15, 0.2) is 24.4 Å². The lowest BCUT2D eigenvalue weighted by Gasteiger charge is -2.07. The molecule has 20 heavy (non-hydrogen) atoms. The van der Waals surface area contributed by atoms with Crippen LogP contribution in [0.3, 0.4) is 0 Å². The van der Waals surface area contributed by atoms with Gasteiger partial charge < -0.3 is 15.4 Å². The minimum absolute atomic E-state index is 0.0751. The largest absolute Gasteiger partial charge is 0.477 e. The molecular weight excluding hydrogens is 256 g/mol. The van der Waals surface area contributed by atoms with Gasteiger partial charge in [-0.1, -0.05) is 6.07 Å². The van der Waals surface area contributed by atoms with Gasteiger partial charge in [0.1, 0.15) is 5.69 Å². The Kier molecular flexibility index (Phi) is 3.36. The Morgan fingerprint density at radius 1 is 1.15 bits per heavy atom. The highest BCUT2D eigenvalue weighted by molar-refractivity contribution is 6.11. The third kappa shape index (κ3) is 2.30. The number of carbonyl (C=O) groups is 2. The number of nitrogens with zero attached hydrogens (tertiary/aromatic N) is 1. The van der Waals surface area contributed by atoms with Gasteiger partial charge in [0.05, 0.1) is 0 Å². The van der Waals surface area contributed by atoms with E-state index in [9.17, 15) is 9.59 Å². The van der Waals surface area contributed by atoms with Crippen LogP contribution in [0.25, 0.3) is 0 Å². The van der Waals surface area contributed by atoms with Gasteiger partial charge in [-0.15, -0.1) is 0 Å². The zero-order valence-electron chi connectivity index (χ0n) is 11.6. The summed E-state index contributed by atoms with van der Waals surface area (Å²) in [4.78, 5) is 23.5. The average Bonchev–Trinajstić information content (AvgIpc) is 2.75. The van der Waals surface area contributed by atoms with Crippen molar-refractivity contribution in [1.29, 1.82) is 0 Å². The Balaban J connectivity index is 2.49. The fraction of sp³-hybridized carbons (Fsp3) is 0.200. The zero-order chi connectivity index (χ0) is 15.0. The Morgan fingerprint density at radius 3 is 2.35 bits per heavy atom. The number of ketones is 1. The number of aromatic nitrogens is 1. The van der Waals surface area contributed by atoms with Crippen molar-refractivity contribution in [3.8, 4) is 0 Å². The maximum atomic E-state index is 12.5. The number of nitrogen functional groups attached to an aromatic ring is 1. The molecule has 0 spiro atoms. The molecule has 0 aliphatic heterocycles. The van der Waals surface area contributed by atoms with Crippen LogP contribution in [0, 0.1) is 13.8 Å². The van der Waals surface area contributed by atoms with Crippen LogP contribution in [0.4, 0.5) is 5.69 Å². The summed E-state index contributed by atoms with van der Waals surface area (Å²) in [7, 11) is 1.59. The summed E-state index contributed by atoms with van der Waals surface area (Å²) < 4.78 is 1.42. The Bertz CT molecular complexity index is 714. The summed E-state index contributed by atoms with van der Waals surface area (Å²) in [5, 5.41) is 9.01. The molecule has 2 aromatic rings. The van der Waals surface area contributed by atoms with Crippen molar-refractivity contribution in [1.82, 2.24) is 4.57 Å². The van der Waals surface area contributed by atoms with Crippen molar-refractivity contribution in [3.63, 3.8) is 0 Å². The van der Waals surface area contributed by atoms with Crippen molar-refractivity contribution in [2.75, 3.05) is 5.73 Å². The van der Waals surface area contributed by atoms with E-state index in [0.717, 1.165) is 11.1 Å². The van der Waals surface area contributed by atoms with Gasteiger partial charge >= 0.3 is 5.97 Å². The van der Waals surface area contributed by atoms with Crippen LogP contribution in [-0.4, -0.2) is 21.4 Å². The molecule has 2 rings (SSSR count). The maximum Gasteiger partial charge on any atom is 0.352 e. The minimum Gasteiger partial charge on any atom is -0.477 e. The van der Waals surface area contributed by atoms with E-state index in [4.69, 9.17) is 10.8 Å². The fourth-order valence-electron chi connectivity index (χ4n) is 2.17. The summed E-state index contributed by atoms with van der Waals surface area (Å²) in [6, 6.07) is 4.87. The number of anilines is 1. The highest BCUT2D eigenvalue weighted by atomic mass is 16.4. The molecule has 0 aliphatic carbocycles. The molecule has 5 nitrogen and oxygen atoms in total. The van der Waals surface area contributed by atoms with Crippen LogP contribution >= 0.6 is 0 Å². The zero-order valence-corrected chi connectivity index (χ0v) is 11.6. The molecule has 104 valence electrons. The van der Waals surface area contributed by atoms with Gasteiger partial charge in [0.2, 0.25) is 0 Å². The van der Waals surface area contributed by atoms with Crippen LogP contribution in [0.1, 0.15) is 37.5 Å². The van der Waals surface area contributed by atoms with Crippen molar-refractivity contribution >= 4 is 17.4 Å². The molecule has 0 bridgehead atoms. The smallest absolute Gasteiger partial charge is 0.352 e. The van der Waals surface area contributed by atoms with Crippen LogP contribution in [-0.2, 0) is 7.05 Å². The molecule has 0 amide bonds. The summed E-state index contributed by atoms with van der Waals surface area (Å²) in [5.74, 6) is -1.29. The molecule has 0 fully saturated rings. The number of hydrogen-bond donors (Lipinski definition) is 2. The van der Waals surface area contributed by atoms with Gasteiger partial charge in [-0.25, -0.2) is 4.79 Å². The van der Waals surface area contributed by atoms with Crippen molar-refractivity contribution < 1.29 is 14.7 Å². The van der Waals surface area contributed by atoms with Gasteiger partial charge in [0.25, 0.3) is 0 Å². The van der Waals surface area contributed by atoms with E-state index in [2.05, 4.69) is 0 Å².